The lowest BCUT2D eigenvalue weighted by Crippen LogP contribution is -2.30. The summed E-state index contributed by atoms with van der Waals surface area (Å²) in [5, 5.41) is 3.49. The maximum atomic E-state index is 5.30. The van der Waals surface area contributed by atoms with Gasteiger partial charge in [-0.25, -0.2) is 0 Å². The lowest BCUT2D eigenvalue weighted by atomic mass is 9.86. The van der Waals surface area contributed by atoms with Crippen LogP contribution in [0.5, 0.6) is 5.75 Å². The zero-order chi connectivity index (χ0) is 14.8. The monoisotopic (exact) mass is 279 g/mol. The van der Waals surface area contributed by atoms with E-state index in [1.807, 2.05) is 6.07 Å². The lowest BCUT2D eigenvalue weighted by molar-refractivity contribution is 0.195. The van der Waals surface area contributed by atoms with Gasteiger partial charge in [-0.1, -0.05) is 32.4 Å². The van der Waals surface area contributed by atoms with Crippen LogP contribution >= 0.6 is 0 Å². The van der Waals surface area contributed by atoms with E-state index in [2.05, 4.69) is 37.4 Å². The molecule has 3 nitrogen and oxygen atoms in total. The van der Waals surface area contributed by atoms with Crippen molar-refractivity contribution in [3.05, 3.63) is 29.8 Å². The van der Waals surface area contributed by atoms with Crippen molar-refractivity contribution in [2.24, 2.45) is 11.8 Å². The predicted octanol–water partition coefficient (Wildman–Crippen LogP) is 3.14. The first-order valence-corrected chi connectivity index (χ1v) is 7.53. The highest BCUT2D eigenvalue weighted by molar-refractivity contribution is 5.28. The quantitative estimate of drug-likeness (QED) is 0.667. The van der Waals surface area contributed by atoms with Gasteiger partial charge in [0.25, 0.3) is 0 Å². The summed E-state index contributed by atoms with van der Waals surface area (Å²) in [5.74, 6) is 2.29. The summed E-state index contributed by atoms with van der Waals surface area (Å²) >= 11 is 0. The summed E-state index contributed by atoms with van der Waals surface area (Å²) in [6, 6.07) is 8.40. The fourth-order valence-corrected chi connectivity index (χ4v) is 2.37. The molecule has 0 radical (unpaired) electrons. The second-order valence-corrected chi connectivity index (χ2v) is 5.40. The average Bonchev–Trinajstić information content (AvgIpc) is 2.49. The lowest BCUT2D eigenvalue weighted by Gasteiger charge is -2.24. The fourth-order valence-electron chi connectivity index (χ4n) is 2.37. The molecule has 1 aromatic rings. The standard InChI is InChI=1S/C17H29NO2/c1-5-14(2)16(13-18-9-10-19-3)11-15-7-6-8-17(12-15)20-4/h6-8,12,14,16,18H,5,9-11,13H2,1-4H3. The highest BCUT2D eigenvalue weighted by Gasteiger charge is 2.16. The Kier molecular flexibility index (Phi) is 8.31. The van der Waals surface area contributed by atoms with Gasteiger partial charge in [0.15, 0.2) is 0 Å². The molecule has 2 atom stereocenters. The Hall–Kier alpha value is -1.06. The largest absolute Gasteiger partial charge is 0.497 e. The van der Waals surface area contributed by atoms with Crippen LogP contribution in [0.3, 0.4) is 0 Å². The van der Waals surface area contributed by atoms with Gasteiger partial charge in [0.2, 0.25) is 0 Å². The number of methoxy groups -OCH3 is 2. The Morgan fingerprint density at radius 3 is 2.70 bits per heavy atom. The Balaban J connectivity index is 2.58. The van der Waals surface area contributed by atoms with Crippen LogP contribution in [-0.2, 0) is 11.2 Å². The summed E-state index contributed by atoms with van der Waals surface area (Å²) in [4.78, 5) is 0. The van der Waals surface area contributed by atoms with Gasteiger partial charge < -0.3 is 14.8 Å². The van der Waals surface area contributed by atoms with E-state index in [9.17, 15) is 0 Å². The van der Waals surface area contributed by atoms with Gasteiger partial charge in [-0.15, -0.1) is 0 Å². The summed E-state index contributed by atoms with van der Waals surface area (Å²) in [6.45, 7) is 7.32. The van der Waals surface area contributed by atoms with Crippen LogP contribution in [0.1, 0.15) is 25.8 Å². The summed E-state index contributed by atoms with van der Waals surface area (Å²) < 4.78 is 10.4. The molecule has 0 spiro atoms. The summed E-state index contributed by atoms with van der Waals surface area (Å²) in [5.41, 5.74) is 1.35. The third kappa shape index (κ3) is 5.93. The second-order valence-electron chi connectivity index (χ2n) is 5.40. The molecule has 0 aliphatic carbocycles. The minimum absolute atomic E-state index is 0.643. The van der Waals surface area contributed by atoms with Gasteiger partial charge in [-0.2, -0.15) is 0 Å². The molecule has 0 aliphatic heterocycles. The molecule has 0 fully saturated rings. The Morgan fingerprint density at radius 2 is 2.05 bits per heavy atom. The summed E-state index contributed by atoms with van der Waals surface area (Å²) in [6.07, 6.45) is 2.30. The number of hydrogen-bond donors (Lipinski definition) is 1. The van der Waals surface area contributed by atoms with E-state index < -0.39 is 0 Å². The molecule has 114 valence electrons. The minimum Gasteiger partial charge on any atom is -0.497 e. The van der Waals surface area contributed by atoms with E-state index in [1.165, 1.54) is 12.0 Å². The second kappa shape index (κ2) is 9.78. The van der Waals surface area contributed by atoms with Crippen LogP contribution in [0.4, 0.5) is 0 Å². The Morgan fingerprint density at radius 1 is 1.25 bits per heavy atom. The molecule has 0 heterocycles. The molecule has 1 rings (SSSR count). The average molecular weight is 279 g/mol. The van der Waals surface area contributed by atoms with Crippen molar-refractivity contribution >= 4 is 0 Å². The highest BCUT2D eigenvalue weighted by Crippen LogP contribution is 2.22. The van der Waals surface area contributed by atoms with Crippen molar-refractivity contribution < 1.29 is 9.47 Å². The van der Waals surface area contributed by atoms with E-state index in [1.54, 1.807) is 14.2 Å². The third-order valence-electron chi connectivity index (χ3n) is 3.97. The van der Waals surface area contributed by atoms with E-state index in [-0.39, 0.29) is 0 Å². The van der Waals surface area contributed by atoms with E-state index in [0.717, 1.165) is 31.9 Å². The van der Waals surface area contributed by atoms with E-state index >= 15 is 0 Å². The number of rotatable bonds is 10. The van der Waals surface area contributed by atoms with Gasteiger partial charge in [-0.3, -0.25) is 0 Å². The number of nitrogens with one attached hydrogen (secondary N) is 1. The molecule has 1 aromatic carbocycles. The van der Waals surface area contributed by atoms with Crippen molar-refractivity contribution in [2.75, 3.05) is 33.9 Å². The van der Waals surface area contributed by atoms with Crippen LogP contribution < -0.4 is 10.1 Å². The topological polar surface area (TPSA) is 30.5 Å². The molecule has 0 saturated carbocycles. The predicted molar refractivity (Wildman–Crippen MR) is 84.4 cm³/mol. The van der Waals surface area contributed by atoms with E-state index in [4.69, 9.17) is 9.47 Å². The molecule has 20 heavy (non-hydrogen) atoms. The van der Waals surface area contributed by atoms with Crippen molar-refractivity contribution in [1.29, 1.82) is 0 Å². The van der Waals surface area contributed by atoms with Crippen molar-refractivity contribution in [1.82, 2.24) is 5.32 Å². The smallest absolute Gasteiger partial charge is 0.119 e. The van der Waals surface area contributed by atoms with Gasteiger partial charge in [0.05, 0.1) is 13.7 Å². The third-order valence-corrected chi connectivity index (χ3v) is 3.97. The van der Waals surface area contributed by atoms with Crippen LogP contribution in [0.25, 0.3) is 0 Å². The number of hydrogen-bond acceptors (Lipinski definition) is 3. The van der Waals surface area contributed by atoms with E-state index in [0.29, 0.717) is 11.8 Å². The van der Waals surface area contributed by atoms with Gasteiger partial charge in [-0.05, 0) is 42.5 Å². The SMILES string of the molecule is CCC(C)C(CNCCOC)Cc1cccc(OC)c1. The van der Waals surface area contributed by atoms with Crippen molar-refractivity contribution in [3.8, 4) is 5.75 Å². The first-order chi connectivity index (χ1) is 9.71. The highest BCUT2D eigenvalue weighted by atomic mass is 16.5. The van der Waals surface area contributed by atoms with Crippen LogP contribution in [0, 0.1) is 11.8 Å². The molecule has 2 unspecified atom stereocenters. The molecule has 0 saturated heterocycles. The first kappa shape index (κ1) is 17.0. The molecule has 0 aromatic heterocycles. The van der Waals surface area contributed by atoms with Crippen molar-refractivity contribution in [3.63, 3.8) is 0 Å². The maximum absolute atomic E-state index is 5.30. The fraction of sp³-hybridized carbons (Fsp3) is 0.647. The molecule has 0 bridgehead atoms. The van der Waals surface area contributed by atoms with Crippen LogP contribution in [0.15, 0.2) is 24.3 Å². The van der Waals surface area contributed by atoms with Crippen LogP contribution in [-0.4, -0.2) is 33.9 Å². The molecule has 0 amide bonds. The Labute approximate surface area is 123 Å². The molecule has 0 aliphatic rings. The molecule has 1 N–H and O–H groups in total. The molecular formula is C17H29NO2. The normalized spacial score (nSPS) is 14.0. The van der Waals surface area contributed by atoms with Crippen LogP contribution in [0.2, 0.25) is 0 Å². The zero-order valence-corrected chi connectivity index (χ0v) is 13.3. The van der Waals surface area contributed by atoms with Gasteiger partial charge in [0, 0.05) is 13.7 Å². The minimum atomic E-state index is 0.643. The molecular weight excluding hydrogens is 250 g/mol. The molecule has 3 heteroatoms. The summed E-state index contributed by atoms with van der Waals surface area (Å²) in [7, 11) is 3.46. The van der Waals surface area contributed by atoms with Gasteiger partial charge in [0.1, 0.15) is 5.75 Å². The zero-order valence-electron chi connectivity index (χ0n) is 13.3. The maximum Gasteiger partial charge on any atom is 0.119 e. The number of benzene rings is 1. The first-order valence-electron chi connectivity index (χ1n) is 7.53. The number of ether oxygens (including phenoxy) is 2. The Bertz CT molecular complexity index is 368. The van der Waals surface area contributed by atoms with Crippen molar-refractivity contribution in [2.45, 2.75) is 26.7 Å². The van der Waals surface area contributed by atoms with Gasteiger partial charge >= 0.3 is 0 Å².